The topological polar surface area (TPSA) is 68.3 Å². The van der Waals surface area contributed by atoms with E-state index in [4.69, 9.17) is 0 Å². The first kappa shape index (κ1) is 17.6. The number of hydrogen-bond donors (Lipinski definition) is 0. The molecule has 0 aromatic heterocycles. The van der Waals surface area contributed by atoms with Gasteiger partial charge < -0.3 is 0 Å². The fraction of sp³-hybridized carbons (Fsp3) is 0.118. The van der Waals surface area contributed by atoms with Crippen molar-refractivity contribution in [3.8, 4) is 0 Å². The van der Waals surface area contributed by atoms with E-state index >= 15 is 0 Å². The summed E-state index contributed by atoms with van der Waals surface area (Å²) >= 11 is 3.29. The van der Waals surface area contributed by atoms with Gasteiger partial charge in [0.2, 0.25) is 0 Å². The predicted molar refractivity (Wildman–Crippen MR) is 91.3 cm³/mol. The van der Waals surface area contributed by atoms with E-state index in [0.29, 0.717) is 11.1 Å². The standard InChI is InChI=1S/C17H14BrO4S/c1-23(21,22)15-8-4-13(5-9-15)17(20)11-10-16(19)12-2-6-14(18)7-3-12/h2-10H,11H2,1H3. The first-order valence-corrected chi connectivity index (χ1v) is 9.42. The molecule has 0 fully saturated rings. The lowest BCUT2D eigenvalue weighted by Gasteiger charge is -2.03. The average Bonchev–Trinajstić information content (AvgIpc) is 2.52. The molecule has 1 radical (unpaired) electrons. The minimum atomic E-state index is -3.29. The van der Waals surface area contributed by atoms with E-state index in [1.165, 1.54) is 30.7 Å². The number of halogens is 1. The second kappa shape index (κ2) is 7.19. The van der Waals surface area contributed by atoms with Crippen molar-refractivity contribution in [3.05, 3.63) is 70.6 Å². The number of ketones is 2. The molecule has 0 spiro atoms. The lowest BCUT2D eigenvalue weighted by Crippen LogP contribution is -2.06. The minimum absolute atomic E-state index is 0.0346. The second-order valence-electron chi connectivity index (χ2n) is 5.00. The van der Waals surface area contributed by atoms with Gasteiger partial charge in [-0.25, -0.2) is 8.42 Å². The Kier molecular flexibility index (Phi) is 5.49. The first-order valence-electron chi connectivity index (χ1n) is 6.74. The summed E-state index contributed by atoms with van der Waals surface area (Å²) in [6.07, 6.45) is 2.40. The van der Waals surface area contributed by atoms with Crippen LogP contribution in [0.15, 0.2) is 57.9 Å². The summed E-state index contributed by atoms with van der Waals surface area (Å²) in [6.45, 7) is 0. The molecular formula is C17H14BrO4S. The van der Waals surface area contributed by atoms with Crippen molar-refractivity contribution in [1.29, 1.82) is 0 Å². The molecular weight excluding hydrogens is 380 g/mol. The highest BCUT2D eigenvalue weighted by atomic mass is 79.9. The van der Waals surface area contributed by atoms with Crippen LogP contribution in [0.4, 0.5) is 0 Å². The van der Waals surface area contributed by atoms with E-state index in [1.807, 2.05) is 0 Å². The molecule has 2 aromatic carbocycles. The number of hydrogen-bond acceptors (Lipinski definition) is 4. The number of rotatable bonds is 6. The van der Waals surface area contributed by atoms with Crippen LogP contribution in [0.2, 0.25) is 0 Å². The van der Waals surface area contributed by atoms with Crippen molar-refractivity contribution in [2.24, 2.45) is 0 Å². The van der Waals surface area contributed by atoms with E-state index in [2.05, 4.69) is 15.9 Å². The largest absolute Gasteiger partial charge is 0.294 e. The zero-order valence-electron chi connectivity index (χ0n) is 12.3. The van der Waals surface area contributed by atoms with Crippen LogP contribution in [0.1, 0.15) is 27.1 Å². The quantitative estimate of drug-likeness (QED) is 0.704. The summed E-state index contributed by atoms with van der Waals surface area (Å²) < 4.78 is 23.6. The molecule has 0 aliphatic rings. The molecule has 2 aromatic rings. The molecule has 0 N–H and O–H groups in total. The van der Waals surface area contributed by atoms with Gasteiger partial charge in [0.15, 0.2) is 21.4 Å². The zero-order valence-corrected chi connectivity index (χ0v) is 14.7. The van der Waals surface area contributed by atoms with Crippen LogP contribution in [0, 0.1) is 6.42 Å². The summed E-state index contributed by atoms with van der Waals surface area (Å²) in [5.41, 5.74) is 0.880. The van der Waals surface area contributed by atoms with E-state index in [1.54, 1.807) is 24.3 Å². The van der Waals surface area contributed by atoms with Crippen molar-refractivity contribution in [1.82, 2.24) is 0 Å². The van der Waals surface area contributed by atoms with Crippen molar-refractivity contribution in [3.63, 3.8) is 0 Å². The van der Waals surface area contributed by atoms with Gasteiger partial charge >= 0.3 is 0 Å². The number of sulfone groups is 1. The Balaban J connectivity index is 1.99. The van der Waals surface area contributed by atoms with Gasteiger partial charge in [0.1, 0.15) is 0 Å². The first-order chi connectivity index (χ1) is 10.8. The molecule has 0 atom stereocenters. The maximum Gasteiger partial charge on any atom is 0.175 e. The number of carbonyl (C=O) groups is 2. The normalized spacial score (nSPS) is 11.2. The monoisotopic (exact) mass is 393 g/mol. The maximum absolute atomic E-state index is 12.1. The molecule has 0 bridgehead atoms. The summed E-state index contributed by atoms with van der Waals surface area (Å²) in [6, 6.07) is 12.5. The highest BCUT2D eigenvalue weighted by molar-refractivity contribution is 9.10. The average molecular weight is 394 g/mol. The van der Waals surface area contributed by atoms with Gasteiger partial charge in [0, 0.05) is 34.7 Å². The molecule has 119 valence electrons. The van der Waals surface area contributed by atoms with Crippen molar-refractivity contribution >= 4 is 37.3 Å². The van der Waals surface area contributed by atoms with E-state index < -0.39 is 9.84 Å². The summed E-state index contributed by atoms with van der Waals surface area (Å²) in [5.74, 6) is -0.464. The molecule has 0 aliphatic carbocycles. The summed E-state index contributed by atoms with van der Waals surface area (Å²) in [7, 11) is -3.29. The van der Waals surface area contributed by atoms with Crippen LogP contribution in [0.5, 0.6) is 0 Å². The molecule has 0 aliphatic heterocycles. The Hall–Kier alpha value is -1.79. The van der Waals surface area contributed by atoms with Crippen LogP contribution in [0.25, 0.3) is 0 Å². The molecule has 23 heavy (non-hydrogen) atoms. The van der Waals surface area contributed by atoms with Gasteiger partial charge in [-0.15, -0.1) is 0 Å². The maximum atomic E-state index is 12.1. The lowest BCUT2D eigenvalue weighted by atomic mass is 10.0. The van der Waals surface area contributed by atoms with Gasteiger partial charge in [-0.1, -0.05) is 40.2 Å². The molecule has 0 heterocycles. The van der Waals surface area contributed by atoms with E-state index in [-0.39, 0.29) is 22.9 Å². The van der Waals surface area contributed by atoms with E-state index in [0.717, 1.165) is 10.7 Å². The Labute approximate surface area is 143 Å². The number of carbonyl (C=O) groups excluding carboxylic acids is 2. The minimum Gasteiger partial charge on any atom is -0.294 e. The van der Waals surface area contributed by atoms with Crippen LogP contribution in [0.3, 0.4) is 0 Å². The fourth-order valence-corrected chi connectivity index (χ4v) is 2.82. The Morgan fingerprint density at radius 1 is 0.957 bits per heavy atom. The molecule has 0 saturated heterocycles. The molecule has 4 nitrogen and oxygen atoms in total. The molecule has 6 heteroatoms. The second-order valence-corrected chi connectivity index (χ2v) is 7.93. The van der Waals surface area contributed by atoms with Crippen LogP contribution in [-0.2, 0) is 9.84 Å². The highest BCUT2D eigenvalue weighted by Gasteiger charge is 2.13. The van der Waals surface area contributed by atoms with Gasteiger partial charge in [-0.2, -0.15) is 0 Å². The van der Waals surface area contributed by atoms with E-state index in [9.17, 15) is 18.0 Å². The molecule has 0 saturated carbocycles. The van der Waals surface area contributed by atoms with Gasteiger partial charge in [-0.05, 0) is 24.3 Å². The Morgan fingerprint density at radius 2 is 1.48 bits per heavy atom. The van der Waals surface area contributed by atoms with Gasteiger partial charge in [0.25, 0.3) is 0 Å². The molecule has 0 unspecified atom stereocenters. The Bertz CT molecular complexity index is 822. The third-order valence-corrected chi connectivity index (χ3v) is 4.86. The SMILES string of the molecule is CS(=O)(=O)c1ccc(C(=O)C[CH]C(=O)c2ccc(Br)cc2)cc1. The van der Waals surface area contributed by atoms with Crippen LogP contribution >= 0.6 is 15.9 Å². The molecule has 2 rings (SSSR count). The molecule has 0 amide bonds. The fourth-order valence-electron chi connectivity index (χ4n) is 1.92. The van der Waals surface area contributed by atoms with Gasteiger partial charge in [-0.3, -0.25) is 9.59 Å². The number of Topliss-reactive ketones (excluding diaryl/α,β-unsaturated/α-hetero) is 2. The zero-order chi connectivity index (χ0) is 17.0. The van der Waals surface area contributed by atoms with Crippen molar-refractivity contribution < 1.29 is 18.0 Å². The lowest BCUT2D eigenvalue weighted by molar-refractivity contribution is 0.0956. The summed E-state index contributed by atoms with van der Waals surface area (Å²) in [4.78, 5) is 24.2. The predicted octanol–water partition coefficient (Wildman–Crippen LogP) is 3.51. The third kappa shape index (κ3) is 4.84. The van der Waals surface area contributed by atoms with Crippen molar-refractivity contribution in [2.45, 2.75) is 11.3 Å². The van der Waals surface area contributed by atoms with Gasteiger partial charge in [0.05, 0.1) is 4.90 Å². The highest BCUT2D eigenvalue weighted by Crippen LogP contribution is 2.15. The van der Waals surface area contributed by atoms with Crippen LogP contribution < -0.4 is 0 Å². The summed E-state index contributed by atoms with van der Waals surface area (Å²) in [5, 5.41) is 0. The third-order valence-electron chi connectivity index (χ3n) is 3.21. The van der Waals surface area contributed by atoms with Crippen molar-refractivity contribution in [2.75, 3.05) is 6.26 Å². The van der Waals surface area contributed by atoms with Crippen LogP contribution in [-0.4, -0.2) is 26.2 Å². The Morgan fingerprint density at radius 3 is 2.00 bits per heavy atom. The smallest absolute Gasteiger partial charge is 0.175 e. The number of benzene rings is 2.